The lowest BCUT2D eigenvalue weighted by Gasteiger charge is -2.14. The van der Waals surface area contributed by atoms with Crippen LogP contribution >= 0.6 is 22.9 Å². The molecule has 3 nitrogen and oxygen atoms in total. The summed E-state index contributed by atoms with van der Waals surface area (Å²) in [6, 6.07) is 2.29. The molecule has 94 valence electrons. The van der Waals surface area contributed by atoms with Crippen LogP contribution in [0, 0.1) is 17.2 Å². The minimum absolute atomic E-state index is 0.108. The van der Waals surface area contributed by atoms with Crippen LogP contribution in [0.5, 0.6) is 0 Å². The summed E-state index contributed by atoms with van der Waals surface area (Å²) in [5, 5.41) is 10.2. The molecule has 1 aliphatic carbocycles. The Labute approximate surface area is 115 Å². The van der Waals surface area contributed by atoms with Gasteiger partial charge >= 0.3 is 0 Å². The first kappa shape index (κ1) is 12.0. The molecule has 0 spiro atoms. The van der Waals surface area contributed by atoms with Crippen molar-refractivity contribution in [1.29, 1.82) is 5.26 Å². The molecule has 1 fully saturated rings. The van der Waals surface area contributed by atoms with E-state index in [1.807, 2.05) is 0 Å². The van der Waals surface area contributed by atoms with E-state index in [1.165, 1.54) is 10.4 Å². The van der Waals surface area contributed by atoms with E-state index in [0.29, 0.717) is 18.8 Å². The van der Waals surface area contributed by atoms with Crippen molar-refractivity contribution in [3.05, 3.63) is 16.0 Å². The van der Waals surface area contributed by atoms with Crippen molar-refractivity contribution in [3.63, 3.8) is 0 Å². The molecule has 5 heteroatoms. The molecule has 0 bridgehead atoms. The molecule has 2 aliphatic rings. The molecule has 2 heterocycles. The van der Waals surface area contributed by atoms with Crippen LogP contribution in [-0.4, -0.2) is 18.3 Å². The van der Waals surface area contributed by atoms with E-state index in [0.717, 1.165) is 29.8 Å². The number of nitrogens with zero attached hydrogens (tertiary/aromatic N) is 2. The predicted molar refractivity (Wildman–Crippen MR) is 72.2 cm³/mol. The first-order chi connectivity index (χ1) is 8.74. The number of alkyl halides is 1. The van der Waals surface area contributed by atoms with Gasteiger partial charge in [-0.25, -0.2) is 0 Å². The van der Waals surface area contributed by atoms with Gasteiger partial charge in [-0.3, -0.25) is 4.79 Å². The molecule has 1 aromatic rings. The molecule has 18 heavy (non-hydrogen) atoms. The lowest BCUT2D eigenvalue weighted by Crippen LogP contribution is -2.24. The van der Waals surface area contributed by atoms with Crippen LogP contribution in [0.4, 0.5) is 5.00 Å². The summed E-state index contributed by atoms with van der Waals surface area (Å²) in [6.07, 6.45) is 3.68. The second kappa shape index (κ2) is 4.56. The number of carbonyl (C=O) groups excluding carboxylic acids is 1. The van der Waals surface area contributed by atoms with Gasteiger partial charge in [0.1, 0.15) is 11.1 Å². The van der Waals surface area contributed by atoms with E-state index in [-0.39, 0.29) is 11.8 Å². The zero-order chi connectivity index (χ0) is 12.7. The second-order valence-electron chi connectivity index (χ2n) is 4.88. The van der Waals surface area contributed by atoms with E-state index in [9.17, 15) is 10.1 Å². The highest BCUT2D eigenvalue weighted by molar-refractivity contribution is 7.16. The number of hydrogen-bond acceptors (Lipinski definition) is 3. The maximum Gasteiger partial charge on any atom is 0.228 e. The number of rotatable bonds is 2. The third-order valence-corrected chi connectivity index (χ3v) is 5.43. The van der Waals surface area contributed by atoms with Gasteiger partial charge in [0.25, 0.3) is 0 Å². The Morgan fingerprint density at radius 2 is 2.33 bits per heavy atom. The molecule has 3 rings (SSSR count). The summed E-state index contributed by atoms with van der Waals surface area (Å²) in [5.74, 6) is 0.842. The number of nitriles is 1. The van der Waals surface area contributed by atoms with E-state index in [4.69, 9.17) is 11.6 Å². The van der Waals surface area contributed by atoms with Crippen LogP contribution in [0.1, 0.15) is 28.8 Å². The number of halogens is 1. The summed E-state index contributed by atoms with van der Waals surface area (Å²) in [7, 11) is 0. The molecular formula is C13H13ClN2OS. The number of thiophene rings is 1. The quantitative estimate of drug-likeness (QED) is 0.782. The second-order valence-corrected chi connectivity index (χ2v) is 6.27. The first-order valence-electron chi connectivity index (χ1n) is 6.15. The smallest absolute Gasteiger partial charge is 0.228 e. The third-order valence-electron chi connectivity index (χ3n) is 3.68. The Kier molecular flexibility index (Phi) is 3.04. The first-order valence-corrected chi connectivity index (χ1v) is 7.50. The van der Waals surface area contributed by atoms with Gasteiger partial charge in [-0.1, -0.05) is 0 Å². The lowest BCUT2D eigenvalue weighted by atomic mass is 10.1. The predicted octanol–water partition coefficient (Wildman–Crippen LogP) is 2.70. The van der Waals surface area contributed by atoms with Gasteiger partial charge in [0.2, 0.25) is 5.91 Å². The SMILES string of the molecule is N#Cc1c(N2CC(CCl)CC2=O)sc2c1CCC2. The molecule has 1 unspecified atom stereocenters. The van der Waals surface area contributed by atoms with Crippen molar-refractivity contribution in [2.45, 2.75) is 25.7 Å². The van der Waals surface area contributed by atoms with Crippen molar-refractivity contribution in [3.8, 4) is 6.07 Å². The molecule has 0 aromatic carbocycles. The fourth-order valence-electron chi connectivity index (χ4n) is 2.78. The number of amides is 1. The number of carbonyl (C=O) groups is 1. The van der Waals surface area contributed by atoms with Crippen molar-refractivity contribution < 1.29 is 4.79 Å². The van der Waals surface area contributed by atoms with Crippen molar-refractivity contribution in [2.75, 3.05) is 17.3 Å². The molecule has 1 saturated heterocycles. The van der Waals surface area contributed by atoms with Crippen LogP contribution in [0.2, 0.25) is 0 Å². The van der Waals surface area contributed by atoms with Gasteiger partial charge in [0.15, 0.2) is 0 Å². The largest absolute Gasteiger partial charge is 0.302 e. The zero-order valence-electron chi connectivity index (χ0n) is 9.91. The molecular weight excluding hydrogens is 268 g/mol. The Morgan fingerprint density at radius 1 is 1.50 bits per heavy atom. The van der Waals surface area contributed by atoms with E-state index in [2.05, 4.69) is 6.07 Å². The Hall–Kier alpha value is -1.05. The minimum atomic E-state index is 0.108. The van der Waals surface area contributed by atoms with Gasteiger partial charge in [0, 0.05) is 23.7 Å². The topological polar surface area (TPSA) is 44.1 Å². The fraction of sp³-hybridized carbons (Fsp3) is 0.538. The summed E-state index contributed by atoms with van der Waals surface area (Å²) in [6.45, 7) is 0.663. The maximum atomic E-state index is 12.0. The number of anilines is 1. The molecule has 0 radical (unpaired) electrons. The van der Waals surface area contributed by atoms with E-state index < -0.39 is 0 Å². The van der Waals surface area contributed by atoms with Crippen LogP contribution in [0.3, 0.4) is 0 Å². The van der Waals surface area contributed by atoms with Crippen LogP contribution in [-0.2, 0) is 17.6 Å². The van der Waals surface area contributed by atoms with Gasteiger partial charge < -0.3 is 4.90 Å². The highest BCUT2D eigenvalue weighted by atomic mass is 35.5. The van der Waals surface area contributed by atoms with Crippen LogP contribution in [0.15, 0.2) is 0 Å². The highest BCUT2D eigenvalue weighted by Crippen LogP contribution is 2.42. The zero-order valence-corrected chi connectivity index (χ0v) is 11.5. The molecule has 1 aromatic heterocycles. The number of hydrogen-bond donors (Lipinski definition) is 0. The average Bonchev–Trinajstić information content (AvgIpc) is 3.01. The maximum absolute atomic E-state index is 12.0. The average molecular weight is 281 g/mol. The van der Waals surface area contributed by atoms with Gasteiger partial charge in [-0.15, -0.1) is 22.9 Å². The lowest BCUT2D eigenvalue weighted by molar-refractivity contribution is -0.117. The summed E-state index contributed by atoms with van der Waals surface area (Å²) in [5.41, 5.74) is 1.91. The third kappa shape index (κ3) is 1.73. The Bertz CT molecular complexity index is 546. The van der Waals surface area contributed by atoms with Crippen molar-refractivity contribution in [1.82, 2.24) is 0 Å². The van der Waals surface area contributed by atoms with Crippen molar-refractivity contribution >= 4 is 33.8 Å². The molecule has 0 N–H and O–H groups in total. The van der Waals surface area contributed by atoms with Gasteiger partial charge in [-0.2, -0.15) is 5.26 Å². The Balaban J connectivity index is 1.98. The fourth-order valence-corrected chi connectivity index (χ4v) is 4.35. The summed E-state index contributed by atoms with van der Waals surface area (Å²) < 4.78 is 0. The number of aryl methyl sites for hydroxylation is 1. The van der Waals surface area contributed by atoms with Crippen molar-refractivity contribution in [2.24, 2.45) is 5.92 Å². The van der Waals surface area contributed by atoms with E-state index >= 15 is 0 Å². The molecule has 1 amide bonds. The standard InChI is InChI=1S/C13H13ClN2OS/c14-5-8-4-12(17)16(7-8)13-10(6-15)9-2-1-3-11(9)18-13/h8H,1-5,7H2. The monoisotopic (exact) mass is 280 g/mol. The molecule has 0 saturated carbocycles. The number of fused-ring (bicyclic) bond motifs is 1. The summed E-state index contributed by atoms with van der Waals surface area (Å²) >= 11 is 7.46. The highest BCUT2D eigenvalue weighted by Gasteiger charge is 2.34. The minimum Gasteiger partial charge on any atom is -0.302 e. The van der Waals surface area contributed by atoms with Gasteiger partial charge in [0.05, 0.1) is 5.56 Å². The van der Waals surface area contributed by atoms with Gasteiger partial charge in [-0.05, 0) is 30.7 Å². The van der Waals surface area contributed by atoms with Crippen LogP contribution < -0.4 is 4.90 Å². The van der Waals surface area contributed by atoms with E-state index in [1.54, 1.807) is 16.2 Å². The molecule has 1 aliphatic heterocycles. The Morgan fingerprint density at radius 3 is 3.00 bits per heavy atom. The summed E-state index contributed by atoms with van der Waals surface area (Å²) in [4.78, 5) is 15.1. The normalized spacial score (nSPS) is 22.3. The molecule has 1 atom stereocenters. The van der Waals surface area contributed by atoms with Crippen LogP contribution in [0.25, 0.3) is 0 Å².